The monoisotopic (exact) mass is 340 g/mol. The molecule has 3 aromatic rings. The second kappa shape index (κ2) is 7.67. The van der Waals surface area contributed by atoms with Crippen LogP contribution in [0.2, 0.25) is 0 Å². The van der Waals surface area contributed by atoms with Crippen molar-refractivity contribution in [3.63, 3.8) is 0 Å². The first-order valence-electron chi connectivity index (χ1n) is 9.31. The molecule has 0 bridgehead atoms. The molecule has 130 valence electrons. The van der Waals surface area contributed by atoms with Gasteiger partial charge in [-0.2, -0.15) is 0 Å². The number of rotatable bonds is 4. The molecule has 1 aromatic heterocycles. The second-order valence-electron chi connectivity index (χ2n) is 6.85. The van der Waals surface area contributed by atoms with Crippen LogP contribution in [0.15, 0.2) is 85.1 Å². The Morgan fingerprint density at radius 1 is 0.846 bits per heavy atom. The van der Waals surface area contributed by atoms with E-state index >= 15 is 0 Å². The standard InChI is InChI=1S/C24H24N2/c1-19(24-18-23(12-15-25-24)21-10-6-3-7-11-21)26-16-13-22(14-17-26)20-8-4-2-5-9-20/h2-13,15,18-19H,14,16-17H2,1H3. The normalized spacial score (nSPS) is 16.1. The summed E-state index contributed by atoms with van der Waals surface area (Å²) < 4.78 is 0. The molecule has 0 amide bonds. The summed E-state index contributed by atoms with van der Waals surface area (Å²) in [5.74, 6) is 0. The molecule has 2 nitrogen and oxygen atoms in total. The molecular weight excluding hydrogens is 316 g/mol. The zero-order valence-corrected chi connectivity index (χ0v) is 15.2. The molecular formula is C24H24N2. The van der Waals surface area contributed by atoms with Crippen molar-refractivity contribution in [1.82, 2.24) is 9.88 Å². The van der Waals surface area contributed by atoms with Crippen LogP contribution in [-0.4, -0.2) is 23.0 Å². The van der Waals surface area contributed by atoms with Crippen LogP contribution in [0.1, 0.15) is 30.6 Å². The summed E-state index contributed by atoms with van der Waals surface area (Å²) in [7, 11) is 0. The average Bonchev–Trinajstić information content (AvgIpc) is 2.75. The maximum atomic E-state index is 4.65. The highest BCUT2D eigenvalue weighted by Crippen LogP contribution is 2.29. The SMILES string of the molecule is CC(c1cc(-c2ccccc2)ccn1)N1CC=C(c2ccccc2)CC1. The molecule has 2 heteroatoms. The van der Waals surface area contributed by atoms with Crippen molar-refractivity contribution in [3.8, 4) is 11.1 Å². The van der Waals surface area contributed by atoms with E-state index in [1.807, 2.05) is 6.20 Å². The average molecular weight is 340 g/mol. The summed E-state index contributed by atoms with van der Waals surface area (Å²) >= 11 is 0. The Hall–Kier alpha value is -2.71. The fraction of sp³-hybridized carbons (Fsp3) is 0.208. The molecule has 4 rings (SSSR count). The van der Waals surface area contributed by atoms with Gasteiger partial charge < -0.3 is 0 Å². The third-order valence-electron chi connectivity index (χ3n) is 5.25. The minimum absolute atomic E-state index is 0.312. The fourth-order valence-electron chi connectivity index (χ4n) is 3.63. The summed E-state index contributed by atoms with van der Waals surface area (Å²) in [6, 6.07) is 25.9. The Labute approximate surface area is 155 Å². The number of pyridine rings is 1. The van der Waals surface area contributed by atoms with Crippen LogP contribution in [0, 0.1) is 0 Å². The zero-order chi connectivity index (χ0) is 17.8. The van der Waals surface area contributed by atoms with Crippen LogP contribution in [0.4, 0.5) is 0 Å². The molecule has 0 N–H and O–H groups in total. The molecule has 1 unspecified atom stereocenters. The largest absolute Gasteiger partial charge is 0.291 e. The zero-order valence-electron chi connectivity index (χ0n) is 15.2. The van der Waals surface area contributed by atoms with Gasteiger partial charge in [0.25, 0.3) is 0 Å². The predicted octanol–water partition coefficient (Wildman–Crippen LogP) is 5.60. The molecule has 0 radical (unpaired) electrons. The van der Waals surface area contributed by atoms with Crippen LogP contribution in [0.25, 0.3) is 16.7 Å². The lowest BCUT2D eigenvalue weighted by atomic mass is 9.98. The first-order chi connectivity index (χ1) is 12.8. The van der Waals surface area contributed by atoms with Crippen LogP contribution in [0.3, 0.4) is 0 Å². The molecule has 1 aliphatic rings. The minimum atomic E-state index is 0.312. The van der Waals surface area contributed by atoms with Crippen molar-refractivity contribution in [2.75, 3.05) is 13.1 Å². The lowest BCUT2D eigenvalue weighted by Gasteiger charge is -2.31. The maximum absolute atomic E-state index is 4.65. The van der Waals surface area contributed by atoms with Crippen molar-refractivity contribution >= 4 is 5.57 Å². The predicted molar refractivity (Wildman–Crippen MR) is 109 cm³/mol. The van der Waals surface area contributed by atoms with E-state index in [2.05, 4.69) is 95.7 Å². The van der Waals surface area contributed by atoms with Crippen LogP contribution < -0.4 is 0 Å². The topological polar surface area (TPSA) is 16.1 Å². The molecule has 26 heavy (non-hydrogen) atoms. The highest BCUT2D eigenvalue weighted by Gasteiger charge is 2.20. The first kappa shape index (κ1) is 16.7. The van der Waals surface area contributed by atoms with E-state index in [9.17, 15) is 0 Å². The second-order valence-corrected chi connectivity index (χ2v) is 6.85. The smallest absolute Gasteiger partial charge is 0.0578 e. The van der Waals surface area contributed by atoms with Crippen molar-refractivity contribution < 1.29 is 0 Å². The van der Waals surface area contributed by atoms with Gasteiger partial charge in [0.05, 0.1) is 5.69 Å². The number of benzene rings is 2. The van der Waals surface area contributed by atoms with Gasteiger partial charge in [-0.15, -0.1) is 0 Å². The molecule has 0 saturated heterocycles. The number of hydrogen-bond donors (Lipinski definition) is 0. The van der Waals surface area contributed by atoms with Gasteiger partial charge in [0, 0.05) is 25.3 Å². The maximum Gasteiger partial charge on any atom is 0.0578 e. The molecule has 2 heterocycles. The Balaban J connectivity index is 1.50. The highest BCUT2D eigenvalue weighted by molar-refractivity contribution is 5.66. The molecule has 0 saturated carbocycles. The van der Waals surface area contributed by atoms with Crippen molar-refractivity contribution in [1.29, 1.82) is 0 Å². The van der Waals surface area contributed by atoms with E-state index in [0.717, 1.165) is 25.2 Å². The van der Waals surface area contributed by atoms with Gasteiger partial charge in [-0.1, -0.05) is 66.7 Å². The van der Waals surface area contributed by atoms with Gasteiger partial charge in [0.2, 0.25) is 0 Å². The highest BCUT2D eigenvalue weighted by atomic mass is 15.2. The van der Waals surface area contributed by atoms with Crippen LogP contribution in [0.5, 0.6) is 0 Å². The first-order valence-corrected chi connectivity index (χ1v) is 9.31. The molecule has 2 aromatic carbocycles. The van der Waals surface area contributed by atoms with Crippen molar-refractivity contribution in [2.24, 2.45) is 0 Å². The number of hydrogen-bond acceptors (Lipinski definition) is 2. The van der Waals surface area contributed by atoms with Gasteiger partial charge >= 0.3 is 0 Å². The summed E-state index contributed by atoms with van der Waals surface area (Å²) in [6.07, 6.45) is 5.40. The van der Waals surface area contributed by atoms with E-state index < -0.39 is 0 Å². The van der Waals surface area contributed by atoms with E-state index in [4.69, 9.17) is 0 Å². The summed E-state index contributed by atoms with van der Waals surface area (Å²) in [4.78, 5) is 7.16. The quantitative estimate of drug-likeness (QED) is 0.614. The molecule has 0 aliphatic carbocycles. The van der Waals surface area contributed by atoms with Gasteiger partial charge in [-0.25, -0.2) is 0 Å². The van der Waals surface area contributed by atoms with E-state index in [1.54, 1.807) is 0 Å². The Kier molecular flexibility index (Phi) is 4.94. The van der Waals surface area contributed by atoms with Gasteiger partial charge in [0.1, 0.15) is 0 Å². The summed E-state index contributed by atoms with van der Waals surface area (Å²) in [5, 5.41) is 0. The van der Waals surface area contributed by atoms with Gasteiger partial charge in [-0.05, 0) is 47.7 Å². The lowest BCUT2D eigenvalue weighted by molar-refractivity contribution is 0.229. The van der Waals surface area contributed by atoms with E-state index in [-0.39, 0.29) is 0 Å². The summed E-state index contributed by atoms with van der Waals surface area (Å²) in [5.41, 5.74) is 6.43. The van der Waals surface area contributed by atoms with Crippen LogP contribution in [-0.2, 0) is 0 Å². The Bertz CT molecular complexity index is 884. The fourth-order valence-corrected chi connectivity index (χ4v) is 3.63. The third kappa shape index (κ3) is 3.61. The van der Waals surface area contributed by atoms with Crippen molar-refractivity contribution in [3.05, 3.63) is 96.3 Å². The number of aromatic nitrogens is 1. The molecule has 1 atom stereocenters. The Morgan fingerprint density at radius 2 is 1.54 bits per heavy atom. The minimum Gasteiger partial charge on any atom is -0.291 e. The van der Waals surface area contributed by atoms with Crippen molar-refractivity contribution in [2.45, 2.75) is 19.4 Å². The van der Waals surface area contributed by atoms with E-state index in [1.165, 1.54) is 22.3 Å². The van der Waals surface area contributed by atoms with Gasteiger partial charge in [-0.3, -0.25) is 9.88 Å². The van der Waals surface area contributed by atoms with Gasteiger partial charge in [0.15, 0.2) is 0 Å². The molecule has 1 aliphatic heterocycles. The lowest BCUT2D eigenvalue weighted by Crippen LogP contribution is -2.31. The summed E-state index contributed by atoms with van der Waals surface area (Å²) in [6.45, 7) is 4.31. The molecule has 0 fully saturated rings. The van der Waals surface area contributed by atoms with Crippen LogP contribution >= 0.6 is 0 Å². The Morgan fingerprint density at radius 3 is 2.19 bits per heavy atom. The molecule has 0 spiro atoms. The van der Waals surface area contributed by atoms with E-state index in [0.29, 0.717) is 6.04 Å². The third-order valence-corrected chi connectivity index (χ3v) is 5.25. The number of nitrogens with zero attached hydrogens (tertiary/aromatic N) is 2.